The molecule has 2 aromatic rings. The van der Waals surface area contributed by atoms with E-state index in [0.29, 0.717) is 17.7 Å². The molecule has 32 heavy (non-hydrogen) atoms. The largest absolute Gasteiger partial charge is 0.462 e. The van der Waals surface area contributed by atoms with Crippen molar-refractivity contribution in [2.45, 2.75) is 40.8 Å². The molecule has 2 N–H and O–H groups in total. The molecule has 0 aliphatic carbocycles. The topological polar surface area (TPSA) is 106 Å². The highest BCUT2D eigenvalue weighted by atomic mass is 32.2. The van der Waals surface area contributed by atoms with Crippen LogP contribution in [0.3, 0.4) is 0 Å². The van der Waals surface area contributed by atoms with Crippen LogP contribution in [0.2, 0.25) is 0 Å². The summed E-state index contributed by atoms with van der Waals surface area (Å²) in [7, 11) is -3.53. The van der Waals surface area contributed by atoms with E-state index in [2.05, 4.69) is 10.0 Å². The van der Waals surface area contributed by atoms with E-state index in [-0.39, 0.29) is 25.4 Å². The monoisotopic (exact) mass is 461 g/mol. The second-order valence-electron chi connectivity index (χ2n) is 7.17. The highest BCUT2D eigenvalue weighted by Crippen LogP contribution is 2.24. The minimum Gasteiger partial charge on any atom is -0.462 e. The number of aromatic nitrogens is 1. The molecule has 1 heterocycles. The summed E-state index contributed by atoms with van der Waals surface area (Å²) in [6.45, 7) is 8.52. The molecule has 8 nitrogen and oxygen atoms in total. The number of amides is 1. The molecule has 0 saturated carbocycles. The van der Waals surface area contributed by atoms with Crippen molar-refractivity contribution >= 4 is 28.0 Å². The lowest BCUT2D eigenvalue weighted by Gasteiger charge is -2.07. The molecule has 9 heteroatoms. The summed E-state index contributed by atoms with van der Waals surface area (Å²) in [5, 5.41) is 2.57. The van der Waals surface area contributed by atoms with Crippen LogP contribution in [0, 0.1) is 13.8 Å². The molecule has 0 atom stereocenters. The number of nitrogens with zero attached hydrogens (tertiary/aromatic N) is 1. The third kappa shape index (κ3) is 6.80. The van der Waals surface area contributed by atoms with Crippen molar-refractivity contribution in [1.82, 2.24) is 14.6 Å². The standard InChI is InChI=1S/C23H31N3O5S/c1-5-26-17(3)20(22(18(26)4)23(28)31-6-2)12-13-21(27)24-14-15-32(29,30)25-16-19-10-8-7-9-11-19/h7-13,25H,5-6,14-16H2,1-4H3,(H,24,27)/b13-12+. The highest BCUT2D eigenvalue weighted by molar-refractivity contribution is 7.89. The Morgan fingerprint density at radius 1 is 1.09 bits per heavy atom. The molecule has 2 rings (SSSR count). The number of carbonyl (C=O) groups is 2. The maximum absolute atomic E-state index is 12.4. The van der Waals surface area contributed by atoms with Gasteiger partial charge in [0.2, 0.25) is 15.9 Å². The van der Waals surface area contributed by atoms with Crippen molar-refractivity contribution in [3.8, 4) is 0 Å². The lowest BCUT2D eigenvalue weighted by atomic mass is 10.1. The zero-order valence-corrected chi connectivity index (χ0v) is 19.8. The molecule has 0 saturated heterocycles. The first-order valence-electron chi connectivity index (χ1n) is 10.5. The minimum absolute atomic E-state index is 0.0357. The van der Waals surface area contributed by atoms with E-state index in [1.165, 1.54) is 6.08 Å². The molecule has 1 aromatic carbocycles. The Morgan fingerprint density at radius 3 is 2.41 bits per heavy atom. The Bertz CT molecular complexity index is 1070. The Kier molecular flexibility index (Phi) is 9.22. The summed E-state index contributed by atoms with van der Waals surface area (Å²) in [6.07, 6.45) is 2.87. The maximum atomic E-state index is 12.4. The van der Waals surface area contributed by atoms with Crippen LogP contribution in [-0.4, -0.2) is 43.8 Å². The highest BCUT2D eigenvalue weighted by Gasteiger charge is 2.22. The maximum Gasteiger partial charge on any atom is 0.340 e. The van der Waals surface area contributed by atoms with Crippen LogP contribution in [0.15, 0.2) is 36.4 Å². The Balaban J connectivity index is 1.98. The fraction of sp³-hybridized carbons (Fsp3) is 0.391. The Morgan fingerprint density at radius 2 is 1.78 bits per heavy atom. The van der Waals surface area contributed by atoms with Crippen molar-refractivity contribution in [2.75, 3.05) is 18.9 Å². The first-order valence-corrected chi connectivity index (χ1v) is 12.2. The predicted molar refractivity (Wildman–Crippen MR) is 125 cm³/mol. The fourth-order valence-corrected chi connectivity index (χ4v) is 4.34. The van der Waals surface area contributed by atoms with E-state index in [9.17, 15) is 18.0 Å². The fourth-order valence-electron chi connectivity index (χ4n) is 3.43. The van der Waals surface area contributed by atoms with E-state index < -0.39 is 21.9 Å². The lowest BCUT2D eigenvalue weighted by Crippen LogP contribution is -2.33. The van der Waals surface area contributed by atoms with Gasteiger partial charge >= 0.3 is 5.97 Å². The molecular weight excluding hydrogens is 430 g/mol. The molecule has 1 amide bonds. The van der Waals surface area contributed by atoms with Gasteiger partial charge in [-0.15, -0.1) is 0 Å². The zero-order valence-electron chi connectivity index (χ0n) is 19.0. The molecule has 0 aliphatic heterocycles. The zero-order chi connectivity index (χ0) is 23.7. The first-order chi connectivity index (χ1) is 15.2. The summed E-state index contributed by atoms with van der Waals surface area (Å²) in [5.41, 5.74) is 3.53. The number of esters is 1. The van der Waals surface area contributed by atoms with Crippen LogP contribution in [0.4, 0.5) is 0 Å². The van der Waals surface area contributed by atoms with Gasteiger partial charge in [-0.25, -0.2) is 17.9 Å². The summed E-state index contributed by atoms with van der Waals surface area (Å²) in [4.78, 5) is 24.6. The smallest absolute Gasteiger partial charge is 0.340 e. The summed E-state index contributed by atoms with van der Waals surface area (Å²) in [5.74, 6) is -1.12. The quantitative estimate of drug-likeness (QED) is 0.395. The Hall–Kier alpha value is -2.91. The van der Waals surface area contributed by atoms with E-state index in [1.807, 2.05) is 55.7 Å². The number of sulfonamides is 1. The number of hydrogen-bond donors (Lipinski definition) is 2. The molecule has 0 bridgehead atoms. The van der Waals surface area contributed by atoms with Crippen molar-refractivity contribution in [3.63, 3.8) is 0 Å². The van der Waals surface area contributed by atoms with Crippen LogP contribution in [0.1, 0.15) is 46.7 Å². The summed E-state index contributed by atoms with van der Waals surface area (Å²) < 4.78 is 33.9. The number of nitrogens with one attached hydrogen (secondary N) is 2. The van der Waals surface area contributed by atoms with Crippen LogP contribution >= 0.6 is 0 Å². The SMILES string of the molecule is CCOC(=O)c1c(/C=C/C(=O)NCCS(=O)(=O)NCc2ccccc2)c(C)n(CC)c1C. The Labute approximate surface area is 189 Å². The van der Waals surface area contributed by atoms with Gasteiger partial charge in [-0.3, -0.25) is 4.79 Å². The summed E-state index contributed by atoms with van der Waals surface area (Å²) in [6, 6.07) is 9.18. The van der Waals surface area contributed by atoms with E-state index >= 15 is 0 Å². The third-order valence-corrected chi connectivity index (χ3v) is 6.36. The van der Waals surface area contributed by atoms with Gasteiger partial charge in [0.25, 0.3) is 0 Å². The molecule has 174 valence electrons. The van der Waals surface area contributed by atoms with E-state index in [4.69, 9.17) is 4.74 Å². The summed E-state index contributed by atoms with van der Waals surface area (Å²) >= 11 is 0. The van der Waals surface area contributed by atoms with Gasteiger partial charge in [0, 0.05) is 42.7 Å². The number of carbonyl (C=O) groups excluding carboxylic acids is 2. The number of ether oxygens (including phenoxy) is 1. The van der Waals surface area contributed by atoms with Gasteiger partial charge in [-0.2, -0.15) is 0 Å². The molecule has 0 spiro atoms. The van der Waals surface area contributed by atoms with Crippen molar-refractivity contribution in [3.05, 3.63) is 64.5 Å². The van der Waals surface area contributed by atoms with Crippen LogP contribution in [0.25, 0.3) is 6.08 Å². The first kappa shape index (κ1) is 25.4. The predicted octanol–water partition coefficient (Wildman–Crippen LogP) is 2.55. The van der Waals surface area contributed by atoms with Gasteiger partial charge in [0.1, 0.15) is 0 Å². The molecule has 0 fully saturated rings. The van der Waals surface area contributed by atoms with Crippen LogP contribution < -0.4 is 10.0 Å². The van der Waals surface area contributed by atoms with Gasteiger partial charge in [-0.1, -0.05) is 30.3 Å². The third-order valence-electron chi connectivity index (χ3n) is 5.04. The number of benzene rings is 1. The molecule has 1 aromatic heterocycles. The normalized spacial score (nSPS) is 11.6. The van der Waals surface area contributed by atoms with Gasteiger partial charge in [0.15, 0.2) is 0 Å². The lowest BCUT2D eigenvalue weighted by molar-refractivity contribution is -0.116. The van der Waals surface area contributed by atoms with Crippen molar-refractivity contribution in [2.24, 2.45) is 0 Å². The second kappa shape index (κ2) is 11.6. The molecule has 0 unspecified atom stereocenters. The molecular formula is C23H31N3O5S. The van der Waals surface area contributed by atoms with Gasteiger partial charge < -0.3 is 14.6 Å². The second-order valence-corrected chi connectivity index (χ2v) is 9.10. The number of hydrogen-bond acceptors (Lipinski definition) is 5. The molecule has 0 radical (unpaired) electrons. The van der Waals surface area contributed by atoms with E-state index in [1.54, 1.807) is 13.0 Å². The average molecular weight is 462 g/mol. The number of rotatable bonds is 11. The van der Waals surface area contributed by atoms with Crippen LogP contribution in [-0.2, 0) is 32.6 Å². The van der Waals surface area contributed by atoms with Crippen molar-refractivity contribution < 1.29 is 22.7 Å². The molecule has 0 aliphatic rings. The van der Waals surface area contributed by atoms with Crippen LogP contribution in [0.5, 0.6) is 0 Å². The van der Waals surface area contributed by atoms with E-state index in [0.717, 1.165) is 17.0 Å². The average Bonchev–Trinajstić information content (AvgIpc) is 3.00. The minimum atomic E-state index is -3.53. The van der Waals surface area contributed by atoms with Gasteiger partial charge in [-0.05, 0) is 39.3 Å². The van der Waals surface area contributed by atoms with Crippen molar-refractivity contribution in [1.29, 1.82) is 0 Å². The van der Waals surface area contributed by atoms with Gasteiger partial charge in [0.05, 0.1) is 17.9 Å².